The second kappa shape index (κ2) is 6.69. The molecule has 0 radical (unpaired) electrons. The summed E-state index contributed by atoms with van der Waals surface area (Å²) < 4.78 is 41.8. The molecule has 1 atom stereocenters. The van der Waals surface area contributed by atoms with Crippen molar-refractivity contribution in [2.24, 2.45) is 0 Å². The molecule has 124 valence electrons. The fourth-order valence-electron chi connectivity index (χ4n) is 1.72. The van der Waals surface area contributed by atoms with E-state index in [2.05, 4.69) is 10.5 Å². The number of halogens is 3. The van der Waals surface area contributed by atoms with E-state index in [4.69, 9.17) is 9.63 Å². The van der Waals surface area contributed by atoms with Crippen LogP contribution in [0.1, 0.15) is 0 Å². The Balaban J connectivity index is 1.97. The van der Waals surface area contributed by atoms with Gasteiger partial charge in [0, 0.05) is 18.7 Å². The lowest BCUT2D eigenvalue weighted by Crippen LogP contribution is -2.43. The number of aliphatic hydroxyl groups is 1. The van der Waals surface area contributed by atoms with Gasteiger partial charge in [-0.1, -0.05) is 35.5 Å². The number of aromatic nitrogens is 1. The zero-order valence-electron chi connectivity index (χ0n) is 12.0. The van der Waals surface area contributed by atoms with E-state index in [1.54, 1.807) is 24.3 Å². The second-order valence-corrected chi connectivity index (χ2v) is 4.81. The van der Waals surface area contributed by atoms with Crippen LogP contribution in [0, 0.1) is 0 Å². The Kier molecular flexibility index (Phi) is 4.89. The third-order valence-electron chi connectivity index (χ3n) is 2.97. The molecule has 9 heteroatoms. The van der Waals surface area contributed by atoms with Crippen LogP contribution in [0.5, 0.6) is 0 Å². The number of urea groups is 1. The largest absolute Gasteiger partial charge is 0.416 e. The van der Waals surface area contributed by atoms with Crippen molar-refractivity contribution in [1.29, 1.82) is 0 Å². The number of nitrogens with one attached hydrogen (secondary N) is 1. The highest BCUT2D eigenvalue weighted by molar-refractivity contribution is 5.88. The van der Waals surface area contributed by atoms with Crippen LogP contribution in [0.3, 0.4) is 0 Å². The molecule has 1 heterocycles. The summed E-state index contributed by atoms with van der Waals surface area (Å²) in [6.07, 6.45) is -7.40. The topological polar surface area (TPSA) is 78.6 Å². The molecule has 23 heavy (non-hydrogen) atoms. The Hall–Kier alpha value is -2.55. The van der Waals surface area contributed by atoms with Gasteiger partial charge in [0.05, 0.1) is 6.54 Å². The molecule has 6 nitrogen and oxygen atoms in total. The van der Waals surface area contributed by atoms with E-state index in [1.165, 1.54) is 6.07 Å². The minimum absolute atomic E-state index is 0.0576. The SMILES string of the molecule is CN(CC(O)C(F)(F)F)C(=O)Nc1cc(-c2ccccc2)on1. The number of rotatable bonds is 4. The molecule has 0 saturated heterocycles. The van der Waals surface area contributed by atoms with Gasteiger partial charge in [0.25, 0.3) is 0 Å². The van der Waals surface area contributed by atoms with E-state index in [1.807, 2.05) is 6.07 Å². The Morgan fingerprint density at radius 1 is 1.39 bits per heavy atom. The van der Waals surface area contributed by atoms with E-state index >= 15 is 0 Å². The molecule has 1 aromatic carbocycles. The summed E-state index contributed by atoms with van der Waals surface area (Å²) in [5.41, 5.74) is 0.737. The predicted octanol–water partition coefficient (Wildman–Crippen LogP) is 2.73. The fourth-order valence-corrected chi connectivity index (χ4v) is 1.72. The number of anilines is 1. The molecule has 0 fully saturated rings. The van der Waals surface area contributed by atoms with Gasteiger partial charge in [-0.25, -0.2) is 4.79 Å². The van der Waals surface area contributed by atoms with Gasteiger partial charge in [0.2, 0.25) is 0 Å². The summed E-state index contributed by atoms with van der Waals surface area (Å²) in [5.74, 6) is 0.459. The number of carbonyl (C=O) groups is 1. The number of benzene rings is 1. The van der Waals surface area contributed by atoms with E-state index < -0.39 is 24.9 Å². The van der Waals surface area contributed by atoms with Crippen LogP contribution in [0.4, 0.5) is 23.8 Å². The average Bonchev–Trinajstić information content (AvgIpc) is 2.95. The van der Waals surface area contributed by atoms with Gasteiger partial charge in [-0.05, 0) is 0 Å². The Morgan fingerprint density at radius 3 is 2.65 bits per heavy atom. The van der Waals surface area contributed by atoms with Crippen molar-refractivity contribution in [3.05, 3.63) is 36.4 Å². The van der Waals surface area contributed by atoms with Gasteiger partial charge in [-0.15, -0.1) is 0 Å². The minimum atomic E-state index is -4.79. The number of likely N-dealkylation sites (N-methyl/N-ethyl adjacent to an activating group) is 1. The standard InChI is InChI=1S/C14H14F3N3O3/c1-20(8-11(21)14(15,16)17)13(22)18-12-7-10(23-19-12)9-5-3-2-4-6-9/h2-7,11,21H,8H2,1H3,(H,18,19,22). The normalized spacial score (nSPS) is 12.7. The number of hydrogen-bond acceptors (Lipinski definition) is 4. The van der Waals surface area contributed by atoms with Crippen LogP contribution >= 0.6 is 0 Å². The fraction of sp³-hybridized carbons (Fsp3) is 0.286. The van der Waals surface area contributed by atoms with Crippen LogP contribution in [-0.2, 0) is 0 Å². The first-order valence-corrected chi connectivity index (χ1v) is 6.56. The Bertz CT molecular complexity index is 658. The van der Waals surface area contributed by atoms with Gasteiger partial charge < -0.3 is 14.5 Å². The summed E-state index contributed by atoms with van der Waals surface area (Å²) in [7, 11) is 1.13. The number of aliphatic hydroxyl groups excluding tert-OH is 1. The molecule has 2 aromatic rings. The molecule has 0 saturated carbocycles. The van der Waals surface area contributed by atoms with Crippen LogP contribution in [0.25, 0.3) is 11.3 Å². The lowest BCUT2D eigenvalue weighted by molar-refractivity contribution is -0.205. The smallest absolute Gasteiger partial charge is 0.382 e. The van der Waals surface area contributed by atoms with Crippen molar-refractivity contribution in [2.75, 3.05) is 18.9 Å². The molecule has 2 amide bonds. The molecule has 2 rings (SSSR count). The molecule has 2 N–H and O–H groups in total. The van der Waals surface area contributed by atoms with Gasteiger partial charge in [0.15, 0.2) is 17.7 Å². The maximum Gasteiger partial charge on any atom is 0.416 e. The summed E-state index contributed by atoms with van der Waals surface area (Å²) in [6.45, 7) is -0.890. The zero-order valence-corrected chi connectivity index (χ0v) is 12.0. The van der Waals surface area contributed by atoms with E-state index in [0.717, 1.165) is 12.6 Å². The molecule has 0 aliphatic heterocycles. The summed E-state index contributed by atoms with van der Waals surface area (Å²) in [4.78, 5) is 12.5. The van der Waals surface area contributed by atoms with Crippen molar-refractivity contribution >= 4 is 11.8 Å². The first-order chi connectivity index (χ1) is 10.8. The molecule has 0 aliphatic carbocycles. The van der Waals surface area contributed by atoms with Crippen LogP contribution in [0.15, 0.2) is 40.9 Å². The Morgan fingerprint density at radius 2 is 2.04 bits per heavy atom. The highest BCUT2D eigenvalue weighted by Gasteiger charge is 2.39. The maximum atomic E-state index is 12.3. The van der Waals surface area contributed by atoms with Gasteiger partial charge in [-0.2, -0.15) is 13.2 Å². The average molecular weight is 329 g/mol. The summed E-state index contributed by atoms with van der Waals surface area (Å²) in [5, 5.41) is 14.9. The van der Waals surface area contributed by atoms with Crippen LogP contribution in [0.2, 0.25) is 0 Å². The minimum Gasteiger partial charge on any atom is -0.382 e. The van der Waals surface area contributed by atoms with Crippen molar-refractivity contribution in [3.63, 3.8) is 0 Å². The number of nitrogens with zero attached hydrogens (tertiary/aromatic N) is 2. The molecule has 0 spiro atoms. The molecular weight excluding hydrogens is 315 g/mol. The quantitative estimate of drug-likeness (QED) is 0.904. The van der Waals surface area contributed by atoms with Crippen molar-refractivity contribution < 1.29 is 27.6 Å². The van der Waals surface area contributed by atoms with E-state index in [-0.39, 0.29) is 5.82 Å². The lowest BCUT2D eigenvalue weighted by atomic mass is 10.2. The number of carbonyl (C=O) groups excluding carboxylic acids is 1. The van der Waals surface area contributed by atoms with E-state index in [0.29, 0.717) is 10.7 Å². The van der Waals surface area contributed by atoms with Crippen molar-refractivity contribution in [3.8, 4) is 11.3 Å². The van der Waals surface area contributed by atoms with E-state index in [9.17, 15) is 18.0 Å². The number of amides is 2. The monoisotopic (exact) mass is 329 g/mol. The molecular formula is C14H14F3N3O3. The maximum absolute atomic E-state index is 12.3. The summed E-state index contributed by atoms with van der Waals surface area (Å²) in [6, 6.07) is 9.56. The van der Waals surface area contributed by atoms with Gasteiger partial charge in [0.1, 0.15) is 0 Å². The predicted molar refractivity (Wildman–Crippen MR) is 75.6 cm³/mol. The second-order valence-electron chi connectivity index (χ2n) is 4.81. The molecule has 0 bridgehead atoms. The first kappa shape index (κ1) is 16.8. The highest BCUT2D eigenvalue weighted by Crippen LogP contribution is 2.23. The third-order valence-corrected chi connectivity index (χ3v) is 2.97. The van der Waals surface area contributed by atoms with Gasteiger partial charge in [-0.3, -0.25) is 5.32 Å². The molecule has 0 aliphatic rings. The molecule has 1 unspecified atom stereocenters. The van der Waals surface area contributed by atoms with Crippen LogP contribution < -0.4 is 5.32 Å². The summed E-state index contributed by atoms with van der Waals surface area (Å²) >= 11 is 0. The zero-order chi connectivity index (χ0) is 17.0. The lowest BCUT2D eigenvalue weighted by Gasteiger charge is -2.22. The number of alkyl halides is 3. The Labute approximate surface area is 129 Å². The third kappa shape index (κ3) is 4.46. The van der Waals surface area contributed by atoms with Crippen LogP contribution in [-0.4, -0.2) is 47.1 Å². The van der Waals surface area contributed by atoms with Crippen molar-refractivity contribution in [2.45, 2.75) is 12.3 Å². The first-order valence-electron chi connectivity index (χ1n) is 6.56. The van der Waals surface area contributed by atoms with Crippen molar-refractivity contribution in [1.82, 2.24) is 10.1 Å². The molecule has 1 aromatic heterocycles. The number of hydrogen-bond donors (Lipinski definition) is 2. The van der Waals surface area contributed by atoms with Gasteiger partial charge >= 0.3 is 12.2 Å². The highest BCUT2D eigenvalue weighted by atomic mass is 19.4.